The lowest BCUT2D eigenvalue weighted by Gasteiger charge is -2.14. The van der Waals surface area contributed by atoms with E-state index in [4.69, 9.17) is 10.8 Å². The molecule has 0 amide bonds. The number of rotatable bonds is 6. The van der Waals surface area contributed by atoms with Crippen LogP contribution in [-0.2, 0) is 16.6 Å². The average Bonchev–Trinajstić information content (AvgIpc) is 2.46. The van der Waals surface area contributed by atoms with Crippen molar-refractivity contribution in [2.24, 2.45) is 0 Å². The fraction of sp³-hybridized carbons (Fsp3) is 0.333. The molecule has 1 aromatic heterocycles. The van der Waals surface area contributed by atoms with E-state index in [2.05, 4.69) is 15.3 Å². The van der Waals surface area contributed by atoms with Gasteiger partial charge in [-0.3, -0.25) is 4.21 Å². The van der Waals surface area contributed by atoms with Crippen molar-refractivity contribution in [2.45, 2.75) is 18.7 Å². The fourth-order valence-corrected chi connectivity index (χ4v) is 2.52. The normalized spacial score (nSPS) is 13.6. The molecule has 0 aliphatic carbocycles. The Labute approximate surface area is 132 Å². The quantitative estimate of drug-likeness (QED) is 0.696. The largest absolute Gasteiger partial charge is 0.399 e. The Morgan fingerprint density at radius 1 is 1.36 bits per heavy atom. The van der Waals surface area contributed by atoms with Gasteiger partial charge in [-0.05, 0) is 19.1 Å². The van der Waals surface area contributed by atoms with Crippen LogP contribution in [0.3, 0.4) is 0 Å². The van der Waals surface area contributed by atoms with Gasteiger partial charge in [-0.2, -0.15) is 0 Å². The van der Waals surface area contributed by atoms with E-state index in [0.29, 0.717) is 28.8 Å². The van der Waals surface area contributed by atoms with Gasteiger partial charge in [0.1, 0.15) is 5.82 Å². The molecule has 118 valence electrons. The van der Waals surface area contributed by atoms with Gasteiger partial charge in [0.2, 0.25) is 0 Å². The number of aliphatic hydroxyl groups excluding tert-OH is 1. The van der Waals surface area contributed by atoms with Crippen LogP contribution in [0, 0.1) is 0 Å². The van der Waals surface area contributed by atoms with Crippen molar-refractivity contribution in [3.05, 3.63) is 36.0 Å². The number of anilines is 2. The second-order valence-electron chi connectivity index (χ2n) is 5.14. The maximum Gasteiger partial charge on any atom is 0.161 e. The van der Waals surface area contributed by atoms with Gasteiger partial charge < -0.3 is 16.2 Å². The maximum absolute atomic E-state index is 11.5. The first-order chi connectivity index (χ1) is 10.5. The minimum atomic E-state index is -1.00. The number of nitrogens with zero attached hydrogens (tertiary/aromatic N) is 2. The van der Waals surface area contributed by atoms with Crippen molar-refractivity contribution in [1.29, 1.82) is 0 Å². The molecule has 2 aromatic rings. The van der Waals surface area contributed by atoms with Gasteiger partial charge in [0.25, 0.3) is 0 Å². The summed E-state index contributed by atoms with van der Waals surface area (Å²) in [4.78, 5) is 8.91. The molecular weight excluding hydrogens is 300 g/mol. The number of nitrogens with one attached hydrogen (secondary N) is 1. The zero-order valence-electron chi connectivity index (χ0n) is 12.6. The van der Waals surface area contributed by atoms with Crippen molar-refractivity contribution in [2.75, 3.05) is 23.9 Å². The highest BCUT2D eigenvalue weighted by molar-refractivity contribution is 7.83. The number of benzene rings is 1. The number of aliphatic hydroxyl groups is 1. The van der Waals surface area contributed by atoms with Crippen molar-refractivity contribution in [1.82, 2.24) is 9.97 Å². The molecule has 0 radical (unpaired) electrons. The molecule has 22 heavy (non-hydrogen) atoms. The topological polar surface area (TPSA) is 101 Å². The molecule has 0 bridgehead atoms. The predicted molar refractivity (Wildman–Crippen MR) is 89.8 cm³/mol. The average molecular weight is 320 g/mol. The van der Waals surface area contributed by atoms with E-state index in [0.717, 1.165) is 5.56 Å². The number of hydrogen-bond acceptors (Lipinski definition) is 6. The SMILES string of the molecule is C[C@@H](CO)Nc1cc(CS(C)=O)nc(-c2cccc(N)c2)n1. The van der Waals surface area contributed by atoms with Crippen LogP contribution in [-0.4, -0.2) is 38.2 Å². The monoisotopic (exact) mass is 320 g/mol. The third kappa shape index (κ3) is 4.51. The second kappa shape index (κ2) is 7.33. The first-order valence-electron chi connectivity index (χ1n) is 6.89. The molecule has 0 saturated carbocycles. The van der Waals surface area contributed by atoms with E-state index in [1.165, 1.54) is 0 Å². The van der Waals surface area contributed by atoms with Gasteiger partial charge in [-0.25, -0.2) is 9.97 Å². The van der Waals surface area contributed by atoms with E-state index < -0.39 is 10.8 Å². The number of aromatic nitrogens is 2. The lowest BCUT2D eigenvalue weighted by atomic mass is 10.2. The minimum absolute atomic E-state index is 0.00728. The van der Waals surface area contributed by atoms with Crippen molar-refractivity contribution < 1.29 is 9.32 Å². The van der Waals surface area contributed by atoms with Gasteiger partial charge in [0.05, 0.1) is 18.1 Å². The summed E-state index contributed by atoms with van der Waals surface area (Å²) in [5, 5.41) is 12.3. The molecule has 0 aliphatic heterocycles. The first-order valence-corrected chi connectivity index (χ1v) is 8.62. The zero-order valence-corrected chi connectivity index (χ0v) is 13.4. The molecule has 0 aliphatic rings. The molecule has 0 fully saturated rings. The summed E-state index contributed by atoms with van der Waals surface area (Å²) in [6, 6.07) is 8.91. The summed E-state index contributed by atoms with van der Waals surface area (Å²) in [6.45, 7) is 1.84. The standard InChI is InChI=1S/C15H20N4O2S/c1-10(8-20)17-14-7-13(9-22(2)21)18-15(19-14)11-4-3-5-12(16)6-11/h3-7,10,20H,8-9,16H2,1-2H3,(H,17,18,19)/t10-,22?/m0/s1. The van der Waals surface area contributed by atoms with Crippen LogP contribution in [0.4, 0.5) is 11.5 Å². The van der Waals surface area contributed by atoms with Crippen molar-refractivity contribution in [3.63, 3.8) is 0 Å². The zero-order chi connectivity index (χ0) is 16.1. The van der Waals surface area contributed by atoms with Crippen molar-refractivity contribution in [3.8, 4) is 11.4 Å². The van der Waals surface area contributed by atoms with Gasteiger partial charge in [0.15, 0.2) is 5.82 Å². The van der Waals surface area contributed by atoms with Crippen LogP contribution in [0.5, 0.6) is 0 Å². The highest BCUT2D eigenvalue weighted by atomic mass is 32.2. The molecule has 1 heterocycles. The van der Waals surface area contributed by atoms with Gasteiger partial charge >= 0.3 is 0 Å². The van der Waals surface area contributed by atoms with Crippen LogP contribution >= 0.6 is 0 Å². The minimum Gasteiger partial charge on any atom is -0.399 e. The highest BCUT2D eigenvalue weighted by Gasteiger charge is 2.10. The van der Waals surface area contributed by atoms with Gasteiger partial charge in [0, 0.05) is 40.4 Å². The molecule has 2 atom stereocenters. The van der Waals surface area contributed by atoms with Crippen LogP contribution in [0.15, 0.2) is 30.3 Å². The molecule has 6 nitrogen and oxygen atoms in total. The van der Waals surface area contributed by atoms with Gasteiger partial charge in [-0.1, -0.05) is 12.1 Å². The number of nitrogens with two attached hydrogens (primary N) is 1. The third-order valence-electron chi connectivity index (χ3n) is 2.94. The lowest BCUT2D eigenvalue weighted by molar-refractivity contribution is 0.281. The molecule has 1 aromatic carbocycles. The molecule has 7 heteroatoms. The molecule has 0 spiro atoms. The first kappa shape index (κ1) is 16.4. The Morgan fingerprint density at radius 3 is 2.77 bits per heavy atom. The van der Waals surface area contributed by atoms with Crippen LogP contribution in [0.2, 0.25) is 0 Å². The van der Waals surface area contributed by atoms with E-state index in [1.54, 1.807) is 24.5 Å². The Hall–Kier alpha value is -1.99. The Balaban J connectivity index is 2.43. The van der Waals surface area contributed by atoms with Crippen LogP contribution in [0.25, 0.3) is 11.4 Å². The molecule has 2 rings (SSSR count). The van der Waals surface area contributed by atoms with Crippen LogP contribution < -0.4 is 11.1 Å². The van der Waals surface area contributed by atoms with Gasteiger partial charge in [-0.15, -0.1) is 0 Å². The van der Waals surface area contributed by atoms with E-state index in [9.17, 15) is 4.21 Å². The summed E-state index contributed by atoms with van der Waals surface area (Å²) >= 11 is 0. The molecule has 1 unspecified atom stereocenters. The van der Waals surface area contributed by atoms with E-state index >= 15 is 0 Å². The summed E-state index contributed by atoms with van der Waals surface area (Å²) < 4.78 is 11.5. The van der Waals surface area contributed by atoms with E-state index in [1.807, 2.05) is 19.1 Å². The molecule has 4 N–H and O–H groups in total. The molecular formula is C15H20N4O2S. The Kier molecular flexibility index (Phi) is 5.46. The van der Waals surface area contributed by atoms with Crippen molar-refractivity contribution >= 4 is 22.3 Å². The lowest BCUT2D eigenvalue weighted by Crippen LogP contribution is -2.20. The summed E-state index contributed by atoms with van der Waals surface area (Å²) in [6.07, 6.45) is 1.63. The number of nitrogen functional groups attached to an aromatic ring is 1. The maximum atomic E-state index is 11.5. The third-order valence-corrected chi connectivity index (χ3v) is 3.65. The summed E-state index contributed by atoms with van der Waals surface area (Å²) in [5.41, 5.74) is 7.91. The Bertz CT molecular complexity index is 678. The Morgan fingerprint density at radius 2 is 2.14 bits per heavy atom. The smallest absolute Gasteiger partial charge is 0.161 e. The predicted octanol–water partition coefficient (Wildman–Crippen LogP) is 1.40. The fourth-order valence-electron chi connectivity index (χ4n) is 1.96. The second-order valence-corrected chi connectivity index (χ2v) is 6.57. The van der Waals surface area contributed by atoms with E-state index in [-0.39, 0.29) is 12.6 Å². The number of hydrogen-bond donors (Lipinski definition) is 3. The molecule has 0 saturated heterocycles. The highest BCUT2D eigenvalue weighted by Crippen LogP contribution is 2.21. The van der Waals surface area contributed by atoms with Crippen LogP contribution in [0.1, 0.15) is 12.6 Å². The summed E-state index contributed by atoms with van der Waals surface area (Å²) in [7, 11) is -1.00. The summed E-state index contributed by atoms with van der Waals surface area (Å²) in [5.74, 6) is 1.46.